The van der Waals surface area contributed by atoms with Crippen LogP contribution in [0.15, 0.2) is 84.4 Å². The van der Waals surface area contributed by atoms with Crippen LogP contribution in [-0.4, -0.2) is 11.7 Å². The molecule has 0 saturated carbocycles. The molecule has 4 rings (SSSR count). The number of anilines is 3. The van der Waals surface area contributed by atoms with Crippen molar-refractivity contribution in [2.75, 3.05) is 11.5 Å². The molecule has 1 heterocycles. The van der Waals surface area contributed by atoms with Crippen LogP contribution in [0, 0.1) is 34.0 Å². The van der Waals surface area contributed by atoms with Gasteiger partial charge < -0.3 is 10.0 Å². The molecule has 6 heteroatoms. The lowest BCUT2D eigenvalue weighted by Gasteiger charge is -2.26. The van der Waals surface area contributed by atoms with Crippen molar-refractivity contribution in [1.29, 1.82) is 15.8 Å². The van der Waals surface area contributed by atoms with Crippen LogP contribution in [0.4, 0.5) is 17.1 Å². The van der Waals surface area contributed by atoms with Crippen LogP contribution in [-0.2, 0) is 19.3 Å². The molecule has 0 atom stereocenters. The first-order valence-electron chi connectivity index (χ1n) is 18.5. The van der Waals surface area contributed by atoms with E-state index in [9.17, 15) is 15.8 Å². The third-order valence-electron chi connectivity index (χ3n) is 9.11. The van der Waals surface area contributed by atoms with Crippen molar-refractivity contribution in [3.05, 3.63) is 116 Å². The Balaban J connectivity index is 1.59. The van der Waals surface area contributed by atoms with E-state index in [-0.39, 0.29) is 17.8 Å². The first kappa shape index (κ1) is 38.9. The molecule has 3 aromatic carbocycles. The molecule has 0 aliphatic heterocycles. The fourth-order valence-electron chi connectivity index (χ4n) is 6.19. The number of unbranched alkanes of at least 4 members (excludes halogenated alkanes) is 7. The lowest BCUT2D eigenvalue weighted by molar-refractivity contribution is 0.282. The van der Waals surface area contributed by atoms with Gasteiger partial charge in [-0.15, -0.1) is 11.3 Å². The topological polar surface area (TPSA) is 94.8 Å². The maximum atomic E-state index is 9.89. The molecule has 0 aliphatic rings. The maximum absolute atomic E-state index is 9.89. The summed E-state index contributed by atoms with van der Waals surface area (Å²) in [6, 6.07) is 34.4. The monoisotopic (exact) mass is 694 g/mol. The number of benzene rings is 3. The number of thiophene rings is 1. The molecule has 0 saturated heterocycles. The van der Waals surface area contributed by atoms with Gasteiger partial charge in [0, 0.05) is 28.5 Å². The highest BCUT2D eigenvalue weighted by atomic mass is 32.1. The van der Waals surface area contributed by atoms with E-state index in [0.717, 1.165) is 109 Å². The lowest BCUT2D eigenvalue weighted by atomic mass is 10.0. The quantitative estimate of drug-likeness (QED) is 0.0734. The molecule has 0 amide bonds. The normalized spacial score (nSPS) is 10.8. The first-order chi connectivity index (χ1) is 25.0. The third kappa shape index (κ3) is 11.6. The van der Waals surface area contributed by atoms with Crippen LogP contribution in [0.1, 0.15) is 110 Å². The van der Waals surface area contributed by atoms with Gasteiger partial charge in [-0.25, -0.2) is 0 Å². The molecule has 0 aliphatic carbocycles. The number of hydrogen-bond donors (Lipinski definition) is 1. The molecular weight excluding hydrogens is 645 g/mol. The summed E-state index contributed by atoms with van der Waals surface area (Å²) in [7, 11) is 0. The zero-order chi connectivity index (χ0) is 36.3. The van der Waals surface area contributed by atoms with Crippen molar-refractivity contribution in [3.8, 4) is 18.2 Å². The molecule has 262 valence electrons. The average molecular weight is 695 g/mol. The Morgan fingerprint density at radius 1 is 0.627 bits per heavy atom. The van der Waals surface area contributed by atoms with Crippen LogP contribution in [0.2, 0.25) is 0 Å². The van der Waals surface area contributed by atoms with Crippen LogP contribution in [0.3, 0.4) is 0 Å². The molecule has 0 bridgehead atoms. The van der Waals surface area contributed by atoms with Crippen LogP contribution in [0.25, 0.3) is 17.7 Å². The number of aliphatic hydroxyl groups excluding tert-OH is 1. The number of allylic oxidation sites excluding steroid dienone is 2. The van der Waals surface area contributed by atoms with E-state index in [1.54, 1.807) is 0 Å². The number of nitrogens with zero attached hydrogens (tertiary/aromatic N) is 4. The molecule has 1 N–H and O–H groups in total. The van der Waals surface area contributed by atoms with Crippen LogP contribution < -0.4 is 4.90 Å². The predicted octanol–water partition coefficient (Wildman–Crippen LogP) is 12.3. The minimum absolute atomic E-state index is 0.135. The Morgan fingerprint density at radius 2 is 1.16 bits per heavy atom. The zero-order valence-electron chi connectivity index (χ0n) is 30.2. The van der Waals surface area contributed by atoms with E-state index in [4.69, 9.17) is 5.11 Å². The number of rotatable bonds is 20. The zero-order valence-corrected chi connectivity index (χ0v) is 31.0. The smallest absolute Gasteiger partial charge is 0.148 e. The van der Waals surface area contributed by atoms with Gasteiger partial charge in [-0.05, 0) is 116 Å². The molecule has 5 nitrogen and oxygen atoms in total. The highest BCUT2D eigenvalue weighted by Crippen LogP contribution is 2.36. The fourth-order valence-corrected chi connectivity index (χ4v) is 7.30. The summed E-state index contributed by atoms with van der Waals surface area (Å²) < 4.78 is 0. The summed E-state index contributed by atoms with van der Waals surface area (Å²) in [6.07, 6.45) is 18.0. The standard InChI is InChI=1S/C45H50N4OS/c1-3-5-7-11-15-38-31-43(51-45(38)44(34-48)39(32-46)33-47)29-22-37-20-27-42(28-21-37)49(40-23-16-35(17-24-40)13-6-4-2)41-25-18-36(19-26-41)14-10-8-9-12-30-50/h16-29,31,50H,3-15,30H2,1-2H3/b29-22+. The Hall–Kier alpha value is -4.93. The van der Waals surface area contributed by atoms with Gasteiger partial charge in [-0.3, -0.25) is 0 Å². The highest BCUT2D eigenvalue weighted by Gasteiger charge is 2.17. The van der Waals surface area contributed by atoms with E-state index in [2.05, 4.69) is 116 Å². The largest absolute Gasteiger partial charge is 0.396 e. The van der Waals surface area contributed by atoms with Crippen molar-refractivity contribution in [1.82, 2.24) is 0 Å². The third-order valence-corrected chi connectivity index (χ3v) is 10.3. The van der Waals surface area contributed by atoms with Gasteiger partial charge in [0.25, 0.3) is 0 Å². The second kappa shape index (κ2) is 21.3. The molecular formula is C45H50N4OS. The van der Waals surface area contributed by atoms with E-state index < -0.39 is 0 Å². The van der Waals surface area contributed by atoms with Crippen molar-refractivity contribution >= 4 is 46.1 Å². The van der Waals surface area contributed by atoms with E-state index in [1.807, 2.05) is 12.1 Å². The van der Waals surface area contributed by atoms with Gasteiger partial charge in [0.2, 0.25) is 0 Å². The minimum atomic E-state index is -0.135. The molecule has 0 radical (unpaired) electrons. The van der Waals surface area contributed by atoms with Gasteiger partial charge in [0.1, 0.15) is 23.8 Å². The number of aryl methyl sites for hydroxylation is 3. The number of hydrogen-bond acceptors (Lipinski definition) is 6. The highest BCUT2D eigenvalue weighted by molar-refractivity contribution is 7.14. The second-order valence-corrected chi connectivity index (χ2v) is 14.1. The SMILES string of the molecule is CCCCCCc1cc(/C=C/c2ccc(N(c3ccc(CCCC)cc3)c3ccc(CCCCCCO)cc3)cc2)sc1C(C#N)=C(C#N)C#N. The number of aliphatic hydroxyl groups is 1. The Morgan fingerprint density at radius 3 is 1.71 bits per heavy atom. The van der Waals surface area contributed by atoms with E-state index in [1.165, 1.54) is 35.3 Å². The Labute approximate surface area is 309 Å². The second-order valence-electron chi connectivity index (χ2n) is 13.0. The molecule has 0 spiro atoms. The molecule has 0 unspecified atom stereocenters. The summed E-state index contributed by atoms with van der Waals surface area (Å²) in [4.78, 5) is 4.02. The summed E-state index contributed by atoms with van der Waals surface area (Å²) in [5.74, 6) is 0. The molecule has 1 aromatic heterocycles. The van der Waals surface area contributed by atoms with E-state index >= 15 is 0 Å². The van der Waals surface area contributed by atoms with Crippen molar-refractivity contribution in [3.63, 3.8) is 0 Å². The molecule has 51 heavy (non-hydrogen) atoms. The van der Waals surface area contributed by atoms with Gasteiger partial charge in [0.05, 0.1) is 10.5 Å². The Kier molecular flexibility index (Phi) is 16.3. The fraction of sp³-hybridized carbons (Fsp3) is 0.356. The Bertz CT molecular complexity index is 1830. The van der Waals surface area contributed by atoms with Gasteiger partial charge >= 0.3 is 0 Å². The predicted molar refractivity (Wildman–Crippen MR) is 214 cm³/mol. The maximum Gasteiger partial charge on any atom is 0.148 e. The summed E-state index contributed by atoms with van der Waals surface area (Å²) in [5, 5.41) is 38.0. The van der Waals surface area contributed by atoms with Crippen LogP contribution >= 0.6 is 11.3 Å². The van der Waals surface area contributed by atoms with Gasteiger partial charge in [-0.2, -0.15) is 15.8 Å². The summed E-state index contributed by atoms with van der Waals surface area (Å²) in [5.41, 5.74) is 8.08. The van der Waals surface area contributed by atoms with Crippen molar-refractivity contribution < 1.29 is 5.11 Å². The first-order valence-corrected chi connectivity index (χ1v) is 19.3. The van der Waals surface area contributed by atoms with Crippen molar-refractivity contribution in [2.24, 2.45) is 0 Å². The minimum Gasteiger partial charge on any atom is -0.396 e. The van der Waals surface area contributed by atoms with Crippen LogP contribution in [0.5, 0.6) is 0 Å². The van der Waals surface area contributed by atoms with Crippen molar-refractivity contribution in [2.45, 2.75) is 97.3 Å². The van der Waals surface area contributed by atoms with Gasteiger partial charge in [-0.1, -0.05) is 94.8 Å². The lowest BCUT2D eigenvalue weighted by Crippen LogP contribution is -2.10. The number of nitriles is 3. The summed E-state index contributed by atoms with van der Waals surface area (Å²) >= 11 is 1.46. The average Bonchev–Trinajstić information content (AvgIpc) is 3.57. The van der Waals surface area contributed by atoms with Gasteiger partial charge in [0.15, 0.2) is 0 Å². The molecule has 0 fully saturated rings. The van der Waals surface area contributed by atoms with E-state index in [0.29, 0.717) is 0 Å². The summed E-state index contributed by atoms with van der Waals surface area (Å²) in [6.45, 7) is 4.68. The molecule has 4 aromatic rings.